The van der Waals surface area contributed by atoms with Crippen molar-refractivity contribution in [3.05, 3.63) is 53.6 Å². The summed E-state index contributed by atoms with van der Waals surface area (Å²) in [5.41, 5.74) is 2.86. The Labute approximate surface area is 300 Å². The van der Waals surface area contributed by atoms with Crippen molar-refractivity contribution in [1.82, 2.24) is 19.8 Å². The van der Waals surface area contributed by atoms with E-state index in [-0.39, 0.29) is 74.0 Å². The molecule has 3 unspecified atom stereocenters. The van der Waals surface area contributed by atoms with Crippen LogP contribution in [0, 0.1) is 28.4 Å². The molecule has 3 aliphatic rings. The maximum absolute atomic E-state index is 17.2. The summed E-state index contributed by atoms with van der Waals surface area (Å²) in [6, 6.07) is 3.28. The van der Waals surface area contributed by atoms with Gasteiger partial charge in [-0.2, -0.15) is 28.4 Å². The third-order valence-electron chi connectivity index (χ3n) is 10.8. The van der Waals surface area contributed by atoms with E-state index in [1.165, 1.54) is 13.2 Å². The molecule has 1 saturated carbocycles. The lowest BCUT2D eigenvalue weighted by Gasteiger charge is -2.34. The molecule has 2 aromatic heterocycles. The highest BCUT2D eigenvalue weighted by Gasteiger charge is 2.51. The molecule has 1 amide bonds. The zero-order chi connectivity index (χ0) is 37.3. The van der Waals surface area contributed by atoms with E-state index in [4.69, 9.17) is 15.2 Å². The Morgan fingerprint density at radius 2 is 2.02 bits per heavy atom. The third-order valence-corrected chi connectivity index (χ3v) is 11.8. The van der Waals surface area contributed by atoms with Crippen molar-refractivity contribution < 1.29 is 36.2 Å². The van der Waals surface area contributed by atoms with Gasteiger partial charge in [0.1, 0.15) is 34.8 Å². The molecule has 4 heterocycles. The molecule has 3 atom stereocenters. The number of methoxy groups -OCH3 is 1. The summed E-state index contributed by atoms with van der Waals surface area (Å²) in [6.45, 7) is 5.08. The predicted octanol–water partition coefficient (Wildman–Crippen LogP) is 6.36. The number of carbonyl (C=O) groups excluding carboxylic acids is 1. The smallest absolute Gasteiger partial charge is 0.417 e. The standard InChI is InChI=1S/C36H36F5N7O3S/c1-5-26(49)48-11-8-24(25(48)16-50-4)47(3)33-20-12-22(36(39,40)41)28(19-6-7-23(37)31-27(19)21(14-42)32(43)52-31)29(38)30(20)44-34(45-33)51-15-18-13-35(9-10-35)17-46(18)2/h5-7,12,18,24-25H,1,8-11,13,15-17,43H2,2-4H3. The van der Waals surface area contributed by atoms with E-state index in [1.807, 2.05) is 13.1 Å². The lowest BCUT2D eigenvalue weighted by molar-refractivity contribution is -0.137. The van der Waals surface area contributed by atoms with Crippen molar-refractivity contribution in [3.63, 3.8) is 0 Å². The molecule has 4 aromatic rings. The van der Waals surface area contributed by atoms with Crippen LogP contribution < -0.4 is 15.4 Å². The molecule has 2 aliphatic heterocycles. The van der Waals surface area contributed by atoms with E-state index >= 15 is 17.6 Å². The maximum Gasteiger partial charge on any atom is 0.417 e. The number of nitrogens with zero attached hydrogens (tertiary/aromatic N) is 6. The first-order valence-electron chi connectivity index (χ1n) is 16.7. The molecule has 0 radical (unpaired) electrons. The van der Waals surface area contributed by atoms with Gasteiger partial charge in [0.25, 0.3) is 0 Å². The number of carbonyl (C=O) groups is 1. The first-order valence-corrected chi connectivity index (χ1v) is 17.5. The minimum Gasteiger partial charge on any atom is -0.462 e. The number of benzene rings is 2. The average Bonchev–Trinajstić information content (AvgIpc) is 3.41. The second-order valence-electron chi connectivity index (χ2n) is 13.9. The summed E-state index contributed by atoms with van der Waals surface area (Å²) in [7, 11) is 5.08. The molecule has 274 valence electrons. The zero-order valence-corrected chi connectivity index (χ0v) is 29.5. The molecule has 1 spiro atoms. The molecule has 52 heavy (non-hydrogen) atoms. The number of alkyl halides is 3. The molecule has 10 nitrogen and oxygen atoms in total. The molecule has 1 aliphatic carbocycles. The van der Waals surface area contributed by atoms with Crippen LogP contribution >= 0.6 is 11.3 Å². The van der Waals surface area contributed by atoms with Crippen molar-refractivity contribution in [1.29, 1.82) is 5.26 Å². The van der Waals surface area contributed by atoms with Crippen molar-refractivity contribution in [2.75, 3.05) is 58.1 Å². The summed E-state index contributed by atoms with van der Waals surface area (Å²) in [6.07, 6.45) is -0.384. The van der Waals surface area contributed by atoms with Gasteiger partial charge in [-0.05, 0) is 61.9 Å². The summed E-state index contributed by atoms with van der Waals surface area (Å²) in [5.74, 6) is -2.55. The van der Waals surface area contributed by atoms with Crippen LogP contribution in [0.25, 0.3) is 32.1 Å². The van der Waals surface area contributed by atoms with Crippen molar-refractivity contribution in [2.45, 2.75) is 50.0 Å². The average molecular weight is 742 g/mol. The fourth-order valence-electron chi connectivity index (χ4n) is 8.00. The first-order chi connectivity index (χ1) is 24.7. The Hall–Kier alpha value is -4.59. The molecule has 7 rings (SSSR count). The second-order valence-corrected chi connectivity index (χ2v) is 15.0. The van der Waals surface area contributed by atoms with E-state index in [0.29, 0.717) is 24.3 Å². The van der Waals surface area contributed by atoms with Crippen LogP contribution in [0.15, 0.2) is 30.9 Å². The second kappa shape index (κ2) is 13.1. The number of aromatic nitrogens is 2. The molecular weight excluding hydrogens is 705 g/mol. The van der Waals surface area contributed by atoms with Gasteiger partial charge in [0.05, 0.1) is 34.5 Å². The third kappa shape index (κ3) is 5.98. The van der Waals surface area contributed by atoms with Gasteiger partial charge in [-0.25, -0.2) is 8.78 Å². The van der Waals surface area contributed by atoms with E-state index in [0.717, 1.165) is 44.0 Å². The number of hydrogen-bond acceptors (Lipinski definition) is 10. The van der Waals surface area contributed by atoms with Crippen LogP contribution in [0.4, 0.5) is 32.8 Å². The Morgan fingerprint density at radius 1 is 1.27 bits per heavy atom. The maximum atomic E-state index is 17.2. The van der Waals surface area contributed by atoms with Gasteiger partial charge >= 0.3 is 12.2 Å². The van der Waals surface area contributed by atoms with Crippen molar-refractivity contribution >= 4 is 49.1 Å². The van der Waals surface area contributed by atoms with Crippen molar-refractivity contribution in [3.8, 4) is 23.2 Å². The molecule has 2 saturated heterocycles. The number of nitrogens with two attached hydrogens (primary N) is 1. The molecule has 0 bridgehead atoms. The van der Waals surface area contributed by atoms with Gasteiger partial charge in [-0.3, -0.25) is 9.69 Å². The largest absolute Gasteiger partial charge is 0.462 e. The fraction of sp³-hybridized carbons (Fsp3) is 0.444. The van der Waals surface area contributed by atoms with Gasteiger partial charge < -0.3 is 25.0 Å². The summed E-state index contributed by atoms with van der Waals surface area (Å²) in [5, 5.41) is 9.26. The van der Waals surface area contributed by atoms with Crippen LogP contribution in [-0.2, 0) is 15.7 Å². The van der Waals surface area contributed by atoms with E-state index in [2.05, 4.69) is 21.4 Å². The van der Waals surface area contributed by atoms with Gasteiger partial charge in [0, 0.05) is 49.6 Å². The van der Waals surface area contributed by atoms with Gasteiger partial charge in [-0.15, -0.1) is 11.3 Å². The van der Waals surface area contributed by atoms with Crippen LogP contribution in [0.2, 0.25) is 0 Å². The minimum atomic E-state index is -5.12. The zero-order valence-electron chi connectivity index (χ0n) is 28.7. The topological polar surface area (TPSA) is 121 Å². The van der Waals surface area contributed by atoms with Crippen molar-refractivity contribution in [2.24, 2.45) is 5.41 Å². The molecule has 2 aromatic carbocycles. The highest BCUT2D eigenvalue weighted by atomic mass is 32.1. The molecule has 2 N–H and O–H groups in total. The van der Waals surface area contributed by atoms with Crippen LogP contribution in [0.3, 0.4) is 0 Å². The quantitative estimate of drug-likeness (QED) is 0.154. The van der Waals surface area contributed by atoms with Crippen LogP contribution in [-0.4, -0.2) is 91.3 Å². The number of nitriles is 1. The minimum absolute atomic E-state index is 0.0244. The summed E-state index contributed by atoms with van der Waals surface area (Å²) < 4.78 is 88.8. The number of ether oxygens (including phenoxy) is 2. The Kier molecular flexibility index (Phi) is 9.03. The Morgan fingerprint density at radius 3 is 2.65 bits per heavy atom. The number of hydrogen-bond donors (Lipinski definition) is 1. The molecule has 16 heteroatoms. The highest BCUT2D eigenvalue weighted by Crippen LogP contribution is 2.54. The lowest BCUT2D eigenvalue weighted by Crippen LogP contribution is -2.48. The predicted molar refractivity (Wildman–Crippen MR) is 187 cm³/mol. The fourth-order valence-corrected chi connectivity index (χ4v) is 8.95. The Balaban J connectivity index is 1.43. The number of halogens is 5. The number of fused-ring (bicyclic) bond motifs is 2. The summed E-state index contributed by atoms with van der Waals surface area (Å²) >= 11 is 0.691. The van der Waals surface area contributed by atoms with Crippen LogP contribution in [0.5, 0.6) is 6.01 Å². The molecule has 3 fully saturated rings. The van der Waals surface area contributed by atoms with E-state index in [1.54, 1.807) is 16.8 Å². The monoisotopic (exact) mass is 741 g/mol. The van der Waals surface area contributed by atoms with E-state index in [9.17, 15) is 14.4 Å². The van der Waals surface area contributed by atoms with Gasteiger partial charge in [-0.1, -0.05) is 12.6 Å². The Bertz CT molecular complexity index is 2150. The van der Waals surface area contributed by atoms with Crippen LogP contribution in [0.1, 0.15) is 36.8 Å². The number of amides is 1. The SMILES string of the molecule is C=CC(=O)N1CCC(N(C)c2nc(OCC3CC4(CC4)CN3C)nc3c(F)c(-c4ccc(F)c5sc(N)c(C#N)c45)c(C(F)(F)F)cc23)C1COC. The van der Waals surface area contributed by atoms with Gasteiger partial charge in [0.2, 0.25) is 5.91 Å². The lowest BCUT2D eigenvalue weighted by atomic mass is 9.92. The normalized spacial score (nSPS) is 21.3. The number of likely N-dealkylation sites (tertiary alicyclic amines) is 2. The first kappa shape index (κ1) is 35.8. The molecular formula is C36H36F5N7O3S. The summed E-state index contributed by atoms with van der Waals surface area (Å²) in [4.78, 5) is 27.1. The number of rotatable bonds is 9. The van der Waals surface area contributed by atoms with E-state index < -0.39 is 46.5 Å². The van der Waals surface area contributed by atoms with Gasteiger partial charge in [0.15, 0.2) is 5.82 Å². The number of likely N-dealkylation sites (N-methyl/N-ethyl adjacent to an activating group) is 2. The number of thiophene rings is 1. The highest BCUT2D eigenvalue weighted by molar-refractivity contribution is 7.23. The number of nitrogen functional groups attached to an aromatic ring is 1. The number of anilines is 2.